The Morgan fingerprint density at radius 2 is 1.46 bits per heavy atom. The monoisotopic (exact) mass is 516 g/mol. The second kappa shape index (κ2) is 11.4. The van der Waals surface area contributed by atoms with Crippen molar-refractivity contribution in [1.29, 1.82) is 0 Å². The van der Waals surface area contributed by atoms with Crippen molar-refractivity contribution in [3.63, 3.8) is 0 Å². The lowest BCUT2D eigenvalue weighted by atomic mass is 9.73. The largest absolute Gasteiger partial charge is 0.385 e. The van der Waals surface area contributed by atoms with Gasteiger partial charge in [0, 0.05) is 5.02 Å². The number of hydrogen-bond acceptors (Lipinski definition) is 3. The van der Waals surface area contributed by atoms with Gasteiger partial charge in [-0.15, -0.1) is 0 Å². The molecule has 2 aromatic carbocycles. The van der Waals surface area contributed by atoms with Crippen molar-refractivity contribution in [3.8, 4) is 0 Å². The molecule has 2 aliphatic rings. The van der Waals surface area contributed by atoms with Crippen LogP contribution in [0.3, 0.4) is 0 Å². The van der Waals surface area contributed by atoms with Crippen LogP contribution in [0.1, 0.15) is 94.2 Å². The van der Waals surface area contributed by atoms with E-state index in [1.54, 1.807) is 13.8 Å². The molecule has 0 heterocycles. The Morgan fingerprint density at radius 3 is 2.03 bits per heavy atom. The third-order valence-corrected chi connectivity index (χ3v) is 11.3. The van der Waals surface area contributed by atoms with E-state index < -0.39 is 15.4 Å². The summed E-state index contributed by atoms with van der Waals surface area (Å²) in [6.07, 6.45) is 10.3. The van der Waals surface area contributed by atoms with Gasteiger partial charge in [-0.1, -0.05) is 60.8 Å². The summed E-state index contributed by atoms with van der Waals surface area (Å²) in [4.78, 5) is 0. The summed E-state index contributed by atoms with van der Waals surface area (Å²) < 4.78 is 24.4. The fourth-order valence-corrected chi connectivity index (χ4v) is 7.51. The molecule has 4 rings (SSSR count). The van der Waals surface area contributed by atoms with Crippen LogP contribution in [0.25, 0.3) is 0 Å². The van der Waals surface area contributed by atoms with E-state index in [1.165, 1.54) is 17.5 Å². The highest BCUT2D eigenvalue weighted by atomic mass is 35.5. The Hall–Kier alpha value is -1.36. The quantitative estimate of drug-likeness (QED) is 0.396. The smallest absolute Gasteiger partial charge is 0.152 e. The number of halogens is 1. The van der Waals surface area contributed by atoms with Gasteiger partial charge < -0.3 is 5.11 Å². The standard InChI is InChI=1S/C30H41ClO3S/c1-22(2)35(33,34)21-25-7-5-23(6-8-25)3-4-24-9-11-26(12-10-24)27-17-19-30(32,20-18-27)28-13-15-29(31)16-14-28/h9-16,22-23,25,27,32H,3-8,17-21H2,1-2H3. The summed E-state index contributed by atoms with van der Waals surface area (Å²) in [7, 11) is -2.93. The Balaban J connectivity index is 1.22. The average Bonchev–Trinajstić information content (AvgIpc) is 2.84. The summed E-state index contributed by atoms with van der Waals surface area (Å²) >= 11 is 6.01. The Morgan fingerprint density at radius 1 is 0.886 bits per heavy atom. The fourth-order valence-electron chi connectivity index (χ4n) is 6.01. The van der Waals surface area contributed by atoms with E-state index in [-0.39, 0.29) is 5.25 Å². The molecule has 2 aliphatic carbocycles. The van der Waals surface area contributed by atoms with E-state index in [9.17, 15) is 13.5 Å². The van der Waals surface area contributed by atoms with Crippen molar-refractivity contribution in [2.75, 3.05) is 5.75 Å². The van der Waals surface area contributed by atoms with Gasteiger partial charge in [0.25, 0.3) is 0 Å². The van der Waals surface area contributed by atoms with Gasteiger partial charge in [0.1, 0.15) is 0 Å². The topological polar surface area (TPSA) is 54.4 Å². The minimum absolute atomic E-state index is 0.258. The van der Waals surface area contributed by atoms with Gasteiger partial charge in [0.2, 0.25) is 0 Å². The van der Waals surface area contributed by atoms with Gasteiger partial charge in [-0.2, -0.15) is 0 Å². The highest BCUT2D eigenvalue weighted by molar-refractivity contribution is 7.91. The van der Waals surface area contributed by atoms with Crippen LogP contribution in [0.2, 0.25) is 5.02 Å². The average molecular weight is 517 g/mol. The third kappa shape index (κ3) is 6.90. The zero-order valence-corrected chi connectivity index (χ0v) is 22.8. The number of aryl methyl sites for hydroxylation is 1. The Bertz CT molecular complexity index is 1040. The van der Waals surface area contributed by atoms with E-state index in [4.69, 9.17) is 11.6 Å². The molecule has 0 atom stereocenters. The summed E-state index contributed by atoms with van der Waals surface area (Å²) in [5, 5.41) is 11.6. The number of benzene rings is 2. The van der Waals surface area contributed by atoms with Crippen LogP contribution in [0.4, 0.5) is 0 Å². The van der Waals surface area contributed by atoms with Crippen LogP contribution in [0, 0.1) is 11.8 Å². The molecule has 1 N–H and O–H groups in total. The van der Waals surface area contributed by atoms with Crippen LogP contribution >= 0.6 is 11.6 Å². The molecule has 3 nitrogen and oxygen atoms in total. The summed E-state index contributed by atoms with van der Waals surface area (Å²) in [6.45, 7) is 3.59. The maximum atomic E-state index is 12.2. The van der Waals surface area contributed by atoms with Crippen LogP contribution in [-0.4, -0.2) is 24.5 Å². The molecule has 0 radical (unpaired) electrons. The third-order valence-electron chi connectivity index (χ3n) is 8.64. The molecular weight excluding hydrogens is 476 g/mol. The van der Waals surface area contributed by atoms with Crippen molar-refractivity contribution < 1.29 is 13.5 Å². The predicted molar refractivity (Wildman–Crippen MR) is 146 cm³/mol. The lowest BCUT2D eigenvalue weighted by molar-refractivity contribution is -0.00566. The highest BCUT2D eigenvalue weighted by Gasteiger charge is 2.35. The molecule has 2 saturated carbocycles. The zero-order chi connectivity index (χ0) is 25.1. The van der Waals surface area contributed by atoms with Crippen molar-refractivity contribution in [2.24, 2.45) is 11.8 Å². The molecule has 0 bridgehead atoms. The molecule has 2 fully saturated rings. The molecule has 0 amide bonds. The van der Waals surface area contributed by atoms with Gasteiger partial charge in [0.15, 0.2) is 9.84 Å². The molecule has 5 heteroatoms. The van der Waals surface area contributed by atoms with Crippen molar-refractivity contribution in [1.82, 2.24) is 0 Å². The number of sulfone groups is 1. The van der Waals surface area contributed by atoms with Crippen molar-refractivity contribution >= 4 is 21.4 Å². The summed E-state index contributed by atoms with van der Waals surface area (Å²) in [5.74, 6) is 1.95. The number of aliphatic hydroxyl groups is 1. The number of rotatable bonds is 8. The number of hydrogen-bond donors (Lipinski definition) is 1. The van der Waals surface area contributed by atoms with E-state index in [0.717, 1.165) is 69.3 Å². The minimum Gasteiger partial charge on any atom is -0.385 e. The van der Waals surface area contributed by atoms with Gasteiger partial charge in [-0.25, -0.2) is 8.42 Å². The first-order valence-electron chi connectivity index (χ1n) is 13.4. The molecule has 0 spiro atoms. The molecule has 192 valence electrons. The lowest BCUT2D eigenvalue weighted by Gasteiger charge is -2.36. The van der Waals surface area contributed by atoms with Gasteiger partial charge in [-0.05, 0) is 112 Å². The van der Waals surface area contributed by atoms with Gasteiger partial charge in [0.05, 0.1) is 16.6 Å². The van der Waals surface area contributed by atoms with Crippen LogP contribution in [-0.2, 0) is 21.9 Å². The molecule has 2 aromatic rings. The predicted octanol–water partition coefficient (Wildman–Crippen LogP) is 7.45. The summed E-state index contributed by atoms with van der Waals surface area (Å²) in [5.41, 5.74) is 3.02. The van der Waals surface area contributed by atoms with E-state index >= 15 is 0 Å². The first-order chi connectivity index (χ1) is 16.6. The van der Waals surface area contributed by atoms with Crippen molar-refractivity contribution in [3.05, 3.63) is 70.2 Å². The Labute approximate surface area is 217 Å². The molecule has 0 unspecified atom stereocenters. The van der Waals surface area contributed by atoms with Crippen molar-refractivity contribution in [2.45, 2.75) is 94.8 Å². The van der Waals surface area contributed by atoms with E-state index in [0.29, 0.717) is 22.6 Å². The van der Waals surface area contributed by atoms with Crippen LogP contribution < -0.4 is 0 Å². The SMILES string of the molecule is CC(C)S(=O)(=O)CC1CCC(CCc2ccc(C3CCC(O)(c4ccc(Cl)cc4)CC3)cc2)CC1. The summed E-state index contributed by atoms with van der Waals surface area (Å²) in [6, 6.07) is 16.8. The maximum absolute atomic E-state index is 12.2. The first-order valence-corrected chi connectivity index (χ1v) is 15.5. The molecule has 0 saturated heterocycles. The molecule has 35 heavy (non-hydrogen) atoms. The second-order valence-corrected chi connectivity index (χ2v) is 14.4. The first kappa shape index (κ1) is 26.7. The second-order valence-electron chi connectivity index (χ2n) is 11.4. The lowest BCUT2D eigenvalue weighted by Crippen LogP contribution is -2.30. The Kier molecular flexibility index (Phi) is 8.66. The van der Waals surface area contributed by atoms with E-state index in [2.05, 4.69) is 24.3 Å². The normalized spacial score (nSPS) is 27.7. The molecule has 0 aromatic heterocycles. The van der Waals surface area contributed by atoms with Crippen LogP contribution in [0.5, 0.6) is 0 Å². The van der Waals surface area contributed by atoms with Gasteiger partial charge in [-0.3, -0.25) is 0 Å². The fraction of sp³-hybridized carbons (Fsp3) is 0.600. The van der Waals surface area contributed by atoms with Gasteiger partial charge >= 0.3 is 0 Å². The molecule has 0 aliphatic heterocycles. The highest BCUT2D eigenvalue weighted by Crippen LogP contribution is 2.43. The molecular formula is C30H41ClO3S. The van der Waals surface area contributed by atoms with E-state index in [1.807, 2.05) is 24.3 Å². The minimum atomic E-state index is -2.93. The van der Waals surface area contributed by atoms with Crippen LogP contribution in [0.15, 0.2) is 48.5 Å². The zero-order valence-electron chi connectivity index (χ0n) is 21.3. The maximum Gasteiger partial charge on any atom is 0.152 e.